The van der Waals surface area contributed by atoms with Crippen LogP contribution < -0.4 is 0 Å². The standard InChI is InChI=1S/C31H46O4/c1-19(17-21(32)18-20(2)27(34)35-8)22-11-15-31(7)24-9-10-25-28(3,4)26(33)13-14-29(25,5)23(24)12-16-30(22,31)6/h9,19,22-23,25H,2,10-18H2,1,3-8H3. The fraction of sp³-hybridized carbons (Fsp3) is 0.774. The molecule has 0 amide bonds. The van der Waals surface area contributed by atoms with E-state index in [-0.39, 0.29) is 45.4 Å². The van der Waals surface area contributed by atoms with Crippen LogP contribution in [0.25, 0.3) is 0 Å². The molecule has 4 heteroatoms. The van der Waals surface area contributed by atoms with Crippen LogP contribution >= 0.6 is 0 Å². The van der Waals surface area contributed by atoms with Crippen molar-refractivity contribution < 1.29 is 19.1 Å². The molecule has 7 unspecified atom stereocenters. The Kier molecular flexibility index (Phi) is 6.55. The molecule has 4 nitrogen and oxygen atoms in total. The third-order valence-electron chi connectivity index (χ3n) is 11.8. The van der Waals surface area contributed by atoms with Gasteiger partial charge >= 0.3 is 5.97 Å². The van der Waals surface area contributed by atoms with Gasteiger partial charge < -0.3 is 4.74 Å². The number of carbonyl (C=O) groups is 3. The van der Waals surface area contributed by atoms with E-state index in [1.165, 1.54) is 26.4 Å². The molecule has 4 aliphatic carbocycles. The van der Waals surface area contributed by atoms with Crippen LogP contribution in [0.1, 0.15) is 99.3 Å². The normalized spacial score (nSPS) is 40.6. The van der Waals surface area contributed by atoms with Gasteiger partial charge in [-0.3, -0.25) is 9.59 Å². The van der Waals surface area contributed by atoms with Crippen LogP contribution in [0, 0.1) is 45.3 Å². The van der Waals surface area contributed by atoms with Gasteiger partial charge in [-0.15, -0.1) is 0 Å². The summed E-state index contributed by atoms with van der Waals surface area (Å²) in [6.07, 6.45) is 10.6. The Balaban J connectivity index is 1.56. The van der Waals surface area contributed by atoms with E-state index in [1.54, 1.807) is 5.57 Å². The minimum atomic E-state index is -0.492. The molecule has 3 fully saturated rings. The van der Waals surface area contributed by atoms with E-state index in [9.17, 15) is 14.4 Å². The maximum absolute atomic E-state index is 12.8. The van der Waals surface area contributed by atoms with Crippen molar-refractivity contribution in [3.8, 4) is 0 Å². The summed E-state index contributed by atoms with van der Waals surface area (Å²) in [5, 5.41) is 0. The van der Waals surface area contributed by atoms with Gasteiger partial charge in [-0.05, 0) is 78.4 Å². The van der Waals surface area contributed by atoms with E-state index in [1.807, 2.05) is 0 Å². The summed E-state index contributed by atoms with van der Waals surface area (Å²) in [5.41, 5.74) is 2.18. The van der Waals surface area contributed by atoms with Crippen molar-refractivity contribution in [2.75, 3.05) is 7.11 Å². The van der Waals surface area contributed by atoms with Crippen molar-refractivity contribution in [1.82, 2.24) is 0 Å². The van der Waals surface area contributed by atoms with E-state index in [0.29, 0.717) is 30.0 Å². The van der Waals surface area contributed by atoms with Crippen molar-refractivity contribution in [3.05, 3.63) is 23.8 Å². The molecule has 0 aromatic heterocycles. The lowest BCUT2D eigenvalue weighted by Gasteiger charge is -2.63. The zero-order valence-electron chi connectivity index (χ0n) is 23.1. The lowest BCUT2D eigenvalue weighted by molar-refractivity contribution is -0.146. The van der Waals surface area contributed by atoms with Crippen LogP contribution in [0.5, 0.6) is 0 Å². The van der Waals surface area contributed by atoms with Crippen molar-refractivity contribution in [1.29, 1.82) is 0 Å². The summed E-state index contributed by atoms with van der Waals surface area (Å²) in [6.45, 7) is 17.8. The monoisotopic (exact) mass is 482 g/mol. The minimum Gasteiger partial charge on any atom is -0.466 e. The molecule has 4 aliphatic rings. The molecular formula is C31H46O4. The first-order valence-corrected chi connectivity index (χ1v) is 13.7. The van der Waals surface area contributed by atoms with Gasteiger partial charge in [-0.1, -0.05) is 59.8 Å². The number of allylic oxidation sites excluding steroid dienone is 2. The average Bonchev–Trinajstić information content (AvgIpc) is 3.07. The Hall–Kier alpha value is -1.71. The summed E-state index contributed by atoms with van der Waals surface area (Å²) < 4.78 is 4.72. The number of carbonyl (C=O) groups excluding carboxylic acids is 3. The number of hydrogen-bond acceptors (Lipinski definition) is 4. The van der Waals surface area contributed by atoms with Crippen LogP contribution in [0.4, 0.5) is 0 Å². The predicted molar refractivity (Wildman–Crippen MR) is 139 cm³/mol. The van der Waals surface area contributed by atoms with Crippen molar-refractivity contribution >= 4 is 17.5 Å². The number of rotatable bonds is 6. The molecular weight excluding hydrogens is 436 g/mol. The van der Waals surface area contributed by atoms with E-state index >= 15 is 0 Å². The fourth-order valence-electron chi connectivity index (χ4n) is 9.49. The van der Waals surface area contributed by atoms with Gasteiger partial charge in [-0.25, -0.2) is 4.79 Å². The number of ketones is 2. The van der Waals surface area contributed by atoms with Gasteiger partial charge in [0.25, 0.3) is 0 Å². The second-order valence-corrected chi connectivity index (χ2v) is 13.6. The molecule has 0 radical (unpaired) electrons. The summed E-state index contributed by atoms with van der Waals surface area (Å²) in [7, 11) is 1.33. The zero-order chi connectivity index (χ0) is 26.0. The van der Waals surface area contributed by atoms with E-state index in [2.05, 4.69) is 54.2 Å². The number of hydrogen-bond donors (Lipinski definition) is 0. The first-order chi connectivity index (χ1) is 16.2. The van der Waals surface area contributed by atoms with Crippen LogP contribution in [0.2, 0.25) is 0 Å². The van der Waals surface area contributed by atoms with Gasteiger partial charge in [0.1, 0.15) is 11.6 Å². The Morgan fingerprint density at radius 2 is 1.80 bits per heavy atom. The molecule has 0 N–H and O–H groups in total. The second-order valence-electron chi connectivity index (χ2n) is 13.6. The summed E-state index contributed by atoms with van der Waals surface area (Å²) in [6, 6.07) is 0. The highest BCUT2D eigenvalue weighted by atomic mass is 16.5. The van der Waals surface area contributed by atoms with E-state index in [0.717, 1.165) is 25.7 Å². The van der Waals surface area contributed by atoms with Crippen LogP contribution in [0.3, 0.4) is 0 Å². The molecule has 0 saturated heterocycles. The highest BCUT2D eigenvalue weighted by Gasteiger charge is 2.65. The summed E-state index contributed by atoms with van der Waals surface area (Å²) >= 11 is 0. The Bertz CT molecular complexity index is 972. The molecule has 0 aromatic rings. The maximum Gasteiger partial charge on any atom is 0.333 e. The summed E-state index contributed by atoms with van der Waals surface area (Å²) in [4.78, 5) is 37.3. The molecule has 0 heterocycles. The Morgan fingerprint density at radius 3 is 2.46 bits per heavy atom. The summed E-state index contributed by atoms with van der Waals surface area (Å²) in [5.74, 6) is 1.78. The van der Waals surface area contributed by atoms with Crippen LogP contribution in [-0.2, 0) is 19.1 Å². The molecule has 4 rings (SSSR count). The van der Waals surface area contributed by atoms with Crippen molar-refractivity contribution in [2.45, 2.75) is 99.3 Å². The smallest absolute Gasteiger partial charge is 0.333 e. The van der Waals surface area contributed by atoms with E-state index in [4.69, 9.17) is 4.74 Å². The molecule has 0 aromatic carbocycles. The lowest BCUT2D eigenvalue weighted by Crippen LogP contribution is -2.57. The Morgan fingerprint density at radius 1 is 1.11 bits per heavy atom. The molecule has 0 aliphatic heterocycles. The number of esters is 1. The highest BCUT2D eigenvalue weighted by molar-refractivity contribution is 5.95. The zero-order valence-corrected chi connectivity index (χ0v) is 23.1. The molecule has 35 heavy (non-hydrogen) atoms. The van der Waals surface area contributed by atoms with Gasteiger partial charge in [0.05, 0.1) is 7.11 Å². The van der Waals surface area contributed by atoms with Crippen LogP contribution in [0.15, 0.2) is 23.8 Å². The third kappa shape index (κ3) is 3.80. The quantitative estimate of drug-likeness (QED) is 0.235. The SMILES string of the molecule is C=C(CC(=O)CC(C)C1CCC2(C)C3=CCC4C(C)(C)C(=O)CCC4(C)C3CCC12C)C(=O)OC. The molecule has 194 valence electrons. The van der Waals surface area contributed by atoms with E-state index < -0.39 is 5.97 Å². The van der Waals surface area contributed by atoms with Crippen LogP contribution in [-0.4, -0.2) is 24.6 Å². The number of fused-ring (bicyclic) bond motifs is 5. The molecule has 0 spiro atoms. The molecule has 7 atom stereocenters. The van der Waals surface area contributed by atoms with Gasteiger partial charge in [-0.2, -0.15) is 0 Å². The van der Waals surface area contributed by atoms with Gasteiger partial charge in [0.2, 0.25) is 0 Å². The highest BCUT2D eigenvalue weighted by Crippen LogP contribution is 2.73. The van der Waals surface area contributed by atoms with Crippen molar-refractivity contribution in [3.63, 3.8) is 0 Å². The minimum absolute atomic E-state index is 0.0825. The average molecular weight is 483 g/mol. The predicted octanol–water partition coefficient (Wildman–Crippen LogP) is 6.88. The largest absolute Gasteiger partial charge is 0.466 e. The molecule has 3 saturated carbocycles. The van der Waals surface area contributed by atoms with Gasteiger partial charge in [0, 0.05) is 30.3 Å². The first-order valence-electron chi connectivity index (χ1n) is 13.7. The number of methoxy groups -OCH3 is 1. The van der Waals surface area contributed by atoms with Crippen molar-refractivity contribution in [2.24, 2.45) is 45.3 Å². The Labute approximate surface area is 212 Å². The lowest BCUT2D eigenvalue weighted by atomic mass is 9.41. The second kappa shape index (κ2) is 8.70. The fourth-order valence-corrected chi connectivity index (χ4v) is 9.49. The topological polar surface area (TPSA) is 60.4 Å². The van der Waals surface area contributed by atoms with Gasteiger partial charge in [0.15, 0.2) is 0 Å². The maximum atomic E-state index is 12.8. The first kappa shape index (κ1) is 26.4. The number of Topliss-reactive ketones (excluding diaryl/α,β-unsaturated/α-hetero) is 2. The number of ether oxygens (including phenoxy) is 1. The third-order valence-corrected chi connectivity index (χ3v) is 11.8. The molecule has 0 bridgehead atoms.